The summed E-state index contributed by atoms with van der Waals surface area (Å²) in [5.74, 6) is 0.241. The third kappa shape index (κ3) is 6.02. The second kappa shape index (κ2) is 10.2. The quantitative estimate of drug-likeness (QED) is 0.496. The standard InChI is InChI=1S/C22H25ClFN7O2/c1-13(2)33-19(32)11-31-7-5-14(6-8-31)29-22-25-10-18-20(30-22)21(27-12-26-18)28-15-3-4-17(24)16(23)9-15/h3-4,9-10,12-14H,5-8,11H2,1-2H3,(H,25,29,30)(H,26,27,28). The molecule has 0 spiro atoms. The molecule has 0 amide bonds. The minimum absolute atomic E-state index is 0.0131. The number of ether oxygens (including phenoxy) is 1. The Morgan fingerprint density at radius 3 is 2.79 bits per heavy atom. The van der Waals surface area contributed by atoms with E-state index < -0.39 is 5.82 Å². The predicted octanol–water partition coefficient (Wildman–Crippen LogP) is 3.78. The number of hydrogen-bond acceptors (Lipinski definition) is 9. The highest BCUT2D eigenvalue weighted by molar-refractivity contribution is 6.31. The summed E-state index contributed by atoms with van der Waals surface area (Å²) in [6, 6.07) is 4.51. The molecule has 1 aliphatic heterocycles. The normalized spacial score (nSPS) is 15.1. The number of fused-ring (bicyclic) bond motifs is 1. The number of nitrogens with one attached hydrogen (secondary N) is 2. The minimum Gasteiger partial charge on any atom is -0.462 e. The Balaban J connectivity index is 1.41. The first-order chi connectivity index (χ1) is 15.9. The van der Waals surface area contributed by atoms with E-state index >= 15 is 0 Å². The number of nitrogens with zero attached hydrogens (tertiary/aromatic N) is 5. The van der Waals surface area contributed by atoms with Crippen molar-refractivity contribution in [3.8, 4) is 0 Å². The molecule has 0 radical (unpaired) electrons. The molecule has 2 N–H and O–H groups in total. The Labute approximate surface area is 195 Å². The number of piperidine rings is 1. The molecule has 1 fully saturated rings. The van der Waals surface area contributed by atoms with Crippen molar-refractivity contribution in [1.82, 2.24) is 24.8 Å². The molecule has 0 aliphatic carbocycles. The molecule has 0 atom stereocenters. The zero-order valence-corrected chi connectivity index (χ0v) is 19.1. The number of carbonyl (C=O) groups is 1. The molecule has 1 saturated heterocycles. The van der Waals surface area contributed by atoms with Crippen LogP contribution in [0.2, 0.25) is 5.02 Å². The molecule has 0 unspecified atom stereocenters. The molecule has 4 rings (SSSR count). The van der Waals surface area contributed by atoms with Crippen molar-refractivity contribution in [3.63, 3.8) is 0 Å². The van der Waals surface area contributed by atoms with Crippen molar-refractivity contribution >= 4 is 46.1 Å². The fraction of sp³-hybridized carbons (Fsp3) is 0.409. The number of aromatic nitrogens is 4. The van der Waals surface area contributed by atoms with Crippen LogP contribution in [0.3, 0.4) is 0 Å². The number of halogens is 2. The molecular formula is C22H25ClFN7O2. The van der Waals surface area contributed by atoms with Crippen molar-refractivity contribution in [1.29, 1.82) is 0 Å². The van der Waals surface area contributed by atoms with E-state index in [1.807, 2.05) is 13.8 Å². The number of esters is 1. The van der Waals surface area contributed by atoms with Gasteiger partial charge in [0.15, 0.2) is 5.82 Å². The Morgan fingerprint density at radius 2 is 2.06 bits per heavy atom. The van der Waals surface area contributed by atoms with Crippen LogP contribution in [-0.4, -0.2) is 62.6 Å². The van der Waals surface area contributed by atoms with Gasteiger partial charge in [0.1, 0.15) is 23.2 Å². The lowest BCUT2D eigenvalue weighted by Gasteiger charge is -2.31. The van der Waals surface area contributed by atoms with Crippen LogP contribution in [-0.2, 0) is 9.53 Å². The van der Waals surface area contributed by atoms with Crippen LogP contribution >= 0.6 is 11.6 Å². The van der Waals surface area contributed by atoms with Crippen molar-refractivity contribution < 1.29 is 13.9 Å². The Hall–Kier alpha value is -3.11. The molecule has 2 aromatic heterocycles. The zero-order chi connectivity index (χ0) is 23.4. The molecule has 0 saturated carbocycles. The lowest BCUT2D eigenvalue weighted by molar-refractivity contribution is -0.148. The van der Waals surface area contributed by atoms with Crippen LogP contribution in [0.4, 0.5) is 21.8 Å². The summed E-state index contributed by atoms with van der Waals surface area (Å²) >= 11 is 5.88. The van der Waals surface area contributed by atoms with E-state index in [-0.39, 0.29) is 23.1 Å². The maximum Gasteiger partial charge on any atom is 0.320 e. The monoisotopic (exact) mass is 473 g/mol. The highest BCUT2D eigenvalue weighted by Gasteiger charge is 2.22. The van der Waals surface area contributed by atoms with Crippen molar-refractivity contribution in [3.05, 3.63) is 41.6 Å². The molecule has 11 heteroatoms. The van der Waals surface area contributed by atoms with E-state index in [9.17, 15) is 9.18 Å². The Bertz CT molecular complexity index is 1140. The number of benzene rings is 1. The highest BCUT2D eigenvalue weighted by Crippen LogP contribution is 2.25. The van der Waals surface area contributed by atoms with E-state index in [1.165, 1.54) is 18.5 Å². The van der Waals surface area contributed by atoms with Gasteiger partial charge in [0.05, 0.1) is 23.9 Å². The summed E-state index contributed by atoms with van der Waals surface area (Å²) in [4.78, 5) is 31.4. The SMILES string of the molecule is CC(C)OC(=O)CN1CCC(Nc2ncc3ncnc(Nc4ccc(F)c(Cl)c4)c3n2)CC1. The van der Waals surface area contributed by atoms with E-state index in [1.54, 1.807) is 12.3 Å². The lowest BCUT2D eigenvalue weighted by atomic mass is 10.1. The van der Waals surface area contributed by atoms with E-state index in [4.69, 9.17) is 16.3 Å². The van der Waals surface area contributed by atoms with E-state index in [0.717, 1.165) is 25.9 Å². The summed E-state index contributed by atoms with van der Waals surface area (Å²) in [7, 11) is 0. The fourth-order valence-electron chi connectivity index (χ4n) is 3.63. The molecular weight excluding hydrogens is 449 g/mol. The summed E-state index contributed by atoms with van der Waals surface area (Å²) in [5.41, 5.74) is 1.69. The molecule has 174 valence electrons. The van der Waals surface area contributed by atoms with Gasteiger partial charge in [-0.15, -0.1) is 0 Å². The molecule has 1 aromatic carbocycles. The van der Waals surface area contributed by atoms with Crippen LogP contribution in [0, 0.1) is 5.82 Å². The Morgan fingerprint density at radius 1 is 1.27 bits per heavy atom. The van der Waals surface area contributed by atoms with Gasteiger partial charge >= 0.3 is 5.97 Å². The lowest BCUT2D eigenvalue weighted by Crippen LogP contribution is -2.42. The topological polar surface area (TPSA) is 105 Å². The molecule has 33 heavy (non-hydrogen) atoms. The van der Waals surface area contributed by atoms with Crippen molar-refractivity contribution in [2.45, 2.75) is 38.8 Å². The van der Waals surface area contributed by atoms with E-state index in [2.05, 4.69) is 35.5 Å². The largest absolute Gasteiger partial charge is 0.462 e. The average molecular weight is 474 g/mol. The molecule has 3 aromatic rings. The molecule has 3 heterocycles. The molecule has 9 nitrogen and oxygen atoms in total. The first-order valence-electron chi connectivity index (χ1n) is 10.8. The average Bonchev–Trinajstić information content (AvgIpc) is 2.77. The maximum absolute atomic E-state index is 13.5. The van der Waals surface area contributed by atoms with Gasteiger partial charge in [-0.05, 0) is 44.9 Å². The number of anilines is 3. The van der Waals surface area contributed by atoms with Gasteiger partial charge in [0, 0.05) is 24.8 Å². The molecule has 0 bridgehead atoms. The van der Waals surface area contributed by atoms with Crippen molar-refractivity contribution in [2.24, 2.45) is 0 Å². The maximum atomic E-state index is 13.5. The third-order valence-electron chi connectivity index (χ3n) is 5.20. The summed E-state index contributed by atoms with van der Waals surface area (Å²) < 4.78 is 18.7. The first kappa shape index (κ1) is 23.1. The van der Waals surface area contributed by atoms with Gasteiger partial charge in [-0.1, -0.05) is 11.6 Å². The number of carbonyl (C=O) groups excluding carboxylic acids is 1. The number of hydrogen-bond donors (Lipinski definition) is 2. The molecule has 1 aliphatic rings. The zero-order valence-electron chi connectivity index (χ0n) is 18.4. The van der Waals surface area contributed by atoms with Crippen LogP contribution in [0.15, 0.2) is 30.7 Å². The van der Waals surface area contributed by atoms with Gasteiger partial charge in [-0.2, -0.15) is 0 Å². The second-order valence-corrected chi connectivity index (χ2v) is 8.54. The van der Waals surface area contributed by atoms with Gasteiger partial charge in [-0.3, -0.25) is 9.69 Å². The summed E-state index contributed by atoms with van der Waals surface area (Å²) in [6.45, 7) is 5.55. The number of rotatable bonds is 7. The fourth-order valence-corrected chi connectivity index (χ4v) is 3.81. The summed E-state index contributed by atoms with van der Waals surface area (Å²) in [5, 5.41) is 6.49. The minimum atomic E-state index is -0.494. The second-order valence-electron chi connectivity index (χ2n) is 8.14. The number of likely N-dealkylation sites (tertiary alicyclic amines) is 1. The predicted molar refractivity (Wildman–Crippen MR) is 124 cm³/mol. The summed E-state index contributed by atoms with van der Waals surface area (Å²) in [6.07, 6.45) is 4.63. The van der Waals surface area contributed by atoms with Crippen LogP contribution in [0.1, 0.15) is 26.7 Å². The third-order valence-corrected chi connectivity index (χ3v) is 5.49. The van der Waals surface area contributed by atoms with Gasteiger partial charge < -0.3 is 15.4 Å². The van der Waals surface area contributed by atoms with Gasteiger partial charge in [-0.25, -0.2) is 24.3 Å². The van der Waals surface area contributed by atoms with Crippen LogP contribution in [0.25, 0.3) is 11.0 Å². The Kier molecular flexibility index (Phi) is 7.14. The van der Waals surface area contributed by atoms with E-state index in [0.29, 0.717) is 35.0 Å². The van der Waals surface area contributed by atoms with Gasteiger partial charge in [0.2, 0.25) is 5.95 Å². The van der Waals surface area contributed by atoms with Gasteiger partial charge in [0.25, 0.3) is 0 Å². The van der Waals surface area contributed by atoms with Crippen LogP contribution in [0.5, 0.6) is 0 Å². The highest BCUT2D eigenvalue weighted by atomic mass is 35.5. The van der Waals surface area contributed by atoms with Crippen molar-refractivity contribution in [2.75, 3.05) is 30.3 Å². The first-order valence-corrected chi connectivity index (χ1v) is 11.1. The van der Waals surface area contributed by atoms with Crippen LogP contribution < -0.4 is 10.6 Å². The smallest absolute Gasteiger partial charge is 0.320 e.